The fourth-order valence-electron chi connectivity index (χ4n) is 4.13. The highest BCUT2D eigenvalue weighted by Gasteiger charge is 2.73. The van der Waals surface area contributed by atoms with E-state index in [1.165, 1.54) is 6.42 Å². The molecule has 0 N–H and O–H groups in total. The topological polar surface area (TPSA) is 27.7 Å². The Morgan fingerprint density at radius 3 is 2.85 bits per heavy atom. The predicted molar refractivity (Wildman–Crippen MR) is 81.9 cm³/mol. The molecule has 1 aliphatic carbocycles. The van der Waals surface area contributed by atoms with Crippen LogP contribution in [-0.2, 0) is 14.2 Å². The van der Waals surface area contributed by atoms with Gasteiger partial charge in [-0.25, -0.2) is 0 Å². The number of ether oxygens (including phenoxy) is 3. The van der Waals surface area contributed by atoms with Crippen LogP contribution in [0.25, 0.3) is 0 Å². The molecule has 0 aromatic rings. The fourth-order valence-corrected chi connectivity index (χ4v) is 5.31. The Kier molecular flexibility index (Phi) is 3.45. The lowest BCUT2D eigenvalue weighted by Crippen LogP contribution is -2.43. The van der Waals surface area contributed by atoms with E-state index in [9.17, 15) is 0 Å². The number of hydrogen-bond donors (Lipinski definition) is 0. The molecule has 0 aromatic carbocycles. The van der Waals surface area contributed by atoms with Gasteiger partial charge in [0.15, 0.2) is 5.79 Å². The van der Waals surface area contributed by atoms with Crippen LogP contribution in [0.2, 0.25) is 0 Å². The van der Waals surface area contributed by atoms with Gasteiger partial charge in [0.1, 0.15) is 6.10 Å². The summed E-state index contributed by atoms with van der Waals surface area (Å²) in [5.41, 5.74) is 3.03. The van der Waals surface area contributed by atoms with Crippen LogP contribution < -0.4 is 0 Å². The maximum atomic E-state index is 6.38. The molecule has 1 spiro atoms. The highest BCUT2D eigenvalue weighted by atomic mass is 79.9. The summed E-state index contributed by atoms with van der Waals surface area (Å²) in [6, 6.07) is 0. The molecule has 0 bridgehead atoms. The first-order valence-corrected chi connectivity index (χ1v) is 9.19. The largest absolute Gasteiger partial charge is 0.366 e. The zero-order valence-corrected chi connectivity index (χ0v) is 14.5. The van der Waals surface area contributed by atoms with Crippen molar-refractivity contribution in [2.24, 2.45) is 11.8 Å². The highest BCUT2D eigenvalue weighted by molar-refractivity contribution is 9.11. The molecule has 0 radical (unpaired) electrons. The van der Waals surface area contributed by atoms with Crippen molar-refractivity contribution in [1.29, 1.82) is 0 Å². The Morgan fingerprint density at radius 2 is 2.20 bits per heavy atom. The first kappa shape index (κ1) is 14.0. The molecule has 4 rings (SSSR count). The van der Waals surface area contributed by atoms with E-state index in [4.69, 9.17) is 14.2 Å². The van der Waals surface area contributed by atoms with Crippen molar-refractivity contribution in [2.45, 2.75) is 61.2 Å². The molecule has 0 aromatic heterocycles. The van der Waals surface area contributed by atoms with Crippen molar-refractivity contribution in [3.05, 3.63) is 16.8 Å². The summed E-state index contributed by atoms with van der Waals surface area (Å²) < 4.78 is 18.8. The van der Waals surface area contributed by atoms with Gasteiger partial charge in [0.2, 0.25) is 0 Å². The first-order chi connectivity index (χ1) is 9.69. The Hall–Kier alpha value is 0.360. The van der Waals surface area contributed by atoms with Crippen LogP contribution >= 0.6 is 31.9 Å². The summed E-state index contributed by atoms with van der Waals surface area (Å²) in [5, 5.41) is 0. The second kappa shape index (κ2) is 4.94. The lowest BCUT2D eigenvalue weighted by Gasteiger charge is -2.32. The maximum Gasteiger partial charge on any atom is 0.187 e. The SMILES string of the molecule is CCC1OC2(OC3CC(C=C=CBr)OC3C2Br)C2CC12. The van der Waals surface area contributed by atoms with E-state index in [2.05, 4.69) is 44.5 Å². The Bertz CT molecular complexity index is 476. The third kappa shape index (κ3) is 1.87. The molecule has 3 aliphatic heterocycles. The van der Waals surface area contributed by atoms with Crippen molar-refractivity contribution < 1.29 is 14.2 Å². The van der Waals surface area contributed by atoms with Gasteiger partial charge in [-0.2, -0.15) is 0 Å². The minimum Gasteiger partial charge on any atom is -0.366 e. The molecule has 0 amide bonds. The van der Waals surface area contributed by atoms with Crippen molar-refractivity contribution in [3.8, 4) is 0 Å². The average Bonchev–Trinajstić information content (AvgIpc) is 2.98. The summed E-state index contributed by atoms with van der Waals surface area (Å²) in [4.78, 5) is 1.86. The number of alkyl halides is 1. The van der Waals surface area contributed by atoms with Gasteiger partial charge in [0.25, 0.3) is 0 Å². The van der Waals surface area contributed by atoms with Gasteiger partial charge in [0.05, 0.1) is 23.1 Å². The van der Waals surface area contributed by atoms with Crippen molar-refractivity contribution in [1.82, 2.24) is 0 Å². The van der Waals surface area contributed by atoms with Gasteiger partial charge < -0.3 is 14.2 Å². The standard InChI is InChI=1S/C15H18Br2O3/c1-2-11-9-7-10(9)15(19-11)14(17)13-12(20-15)6-8(18-13)4-3-5-16/h4-5,8-14H,2,6-7H2,1H3. The zero-order valence-electron chi connectivity index (χ0n) is 11.3. The maximum absolute atomic E-state index is 6.38. The first-order valence-electron chi connectivity index (χ1n) is 7.36. The Balaban J connectivity index is 1.52. The van der Waals surface area contributed by atoms with Gasteiger partial charge >= 0.3 is 0 Å². The van der Waals surface area contributed by atoms with Crippen LogP contribution in [0, 0.1) is 11.8 Å². The van der Waals surface area contributed by atoms with E-state index in [1.807, 2.05) is 6.08 Å². The molecule has 8 atom stereocenters. The minimum atomic E-state index is -0.430. The van der Waals surface area contributed by atoms with Crippen LogP contribution in [0.1, 0.15) is 26.2 Å². The number of fused-ring (bicyclic) bond motifs is 3. The van der Waals surface area contributed by atoms with Crippen LogP contribution in [0.15, 0.2) is 16.8 Å². The minimum absolute atomic E-state index is 0.0882. The fraction of sp³-hybridized carbons (Fsp3) is 0.800. The highest BCUT2D eigenvalue weighted by Crippen LogP contribution is 2.65. The van der Waals surface area contributed by atoms with Crippen LogP contribution in [0.5, 0.6) is 0 Å². The molecule has 1 saturated carbocycles. The van der Waals surface area contributed by atoms with Crippen LogP contribution in [0.3, 0.4) is 0 Å². The number of rotatable bonds is 2. The van der Waals surface area contributed by atoms with Gasteiger partial charge in [-0.15, -0.1) is 5.73 Å². The van der Waals surface area contributed by atoms with Crippen LogP contribution in [-0.4, -0.2) is 35.0 Å². The Morgan fingerprint density at radius 1 is 1.35 bits per heavy atom. The van der Waals surface area contributed by atoms with Crippen molar-refractivity contribution >= 4 is 31.9 Å². The summed E-state index contributed by atoms with van der Waals surface area (Å²) in [5.74, 6) is 0.828. The average molecular weight is 406 g/mol. The second-order valence-electron chi connectivity index (χ2n) is 6.17. The Labute approximate surface area is 136 Å². The molecule has 3 saturated heterocycles. The van der Waals surface area contributed by atoms with Gasteiger partial charge in [0, 0.05) is 17.3 Å². The van der Waals surface area contributed by atoms with Gasteiger partial charge in [-0.05, 0) is 24.8 Å². The summed E-state index contributed by atoms with van der Waals surface area (Å²) >= 11 is 7.05. The third-order valence-corrected chi connectivity index (χ3v) is 6.51. The molecule has 4 fully saturated rings. The van der Waals surface area contributed by atoms with E-state index >= 15 is 0 Å². The molecule has 3 nitrogen and oxygen atoms in total. The van der Waals surface area contributed by atoms with Gasteiger partial charge in [-0.1, -0.05) is 38.8 Å². The summed E-state index contributed by atoms with van der Waals surface area (Å²) in [7, 11) is 0. The van der Waals surface area contributed by atoms with E-state index in [-0.39, 0.29) is 23.1 Å². The van der Waals surface area contributed by atoms with E-state index in [0.29, 0.717) is 17.9 Å². The van der Waals surface area contributed by atoms with Crippen molar-refractivity contribution in [3.63, 3.8) is 0 Å². The van der Waals surface area contributed by atoms with Crippen molar-refractivity contribution in [2.75, 3.05) is 0 Å². The molecular formula is C15H18Br2O3. The van der Waals surface area contributed by atoms with Gasteiger partial charge in [-0.3, -0.25) is 0 Å². The van der Waals surface area contributed by atoms with Crippen LogP contribution in [0.4, 0.5) is 0 Å². The molecular weight excluding hydrogens is 388 g/mol. The molecule has 4 aliphatic rings. The second-order valence-corrected chi connectivity index (χ2v) is 7.61. The smallest absolute Gasteiger partial charge is 0.187 e. The van der Waals surface area contributed by atoms with E-state index < -0.39 is 5.79 Å². The monoisotopic (exact) mass is 404 g/mol. The molecule has 110 valence electrons. The number of halogens is 2. The number of hydrogen-bond acceptors (Lipinski definition) is 3. The molecule has 3 heterocycles. The molecule has 20 heavy (non-hydrogen) atoms. The lowest BCUT2D eigenvalue weighted by atomic mass is 10.0. The zero-order chi connectivity index (χ0) is 13.9. The third-order valence-electron chi connectivity index (χ3n) is 5.09. The molecule has 8 unspecified atom stereocenters. The summed E-state index contributed by atoms with van der Waals surface area (Å²) in [6.07, 6.45) is 5.84. The summed E-state index contributed by atoms with van der Waals surface area (Å²) in [6.45, 7) is 2.20. The lowest BCUT2D eigenvalue weighted by molar-refractivity contribution is -0.232. The predicted octanol–water partition coefficient (Wildman–Crippen LogP) is 3.51. The van der Waals surface area contributed by atoms with E-state index in [1.54, 1.807) is 4.99 Å². The quantitative estimate of drug-likeness (QED) is 0.519. The van der Waals surface area contributed by atoms with E-state index in [0.717, 1.165) is 12.8 Å². The molecule has 5 heteroatoms. The normalized spacial score (nSPS) is 55.5.